The standard InChI is InChI=1S/C7H14N4/c1-9(2)7-5-6-11(8-7)10(3)4/h5-6H,1-4H3. The Labute approximate surface area is 67.0 Å². The Hall–Kier alpha value is -1.19. The van der Waals surface area contributed by atoms with Crippen LogP contribution in [0.15, 0.2) is 12.3 Å². The van der Waals surface area contributed by atoms with Crippen LogP contribution in [0.4, 0.5) is 5.82 Å². The van der Waals surface area contributed by atoms with Crippen LogP contribution in [0.3, 0.4) is 0 Å². The van der Waals surface area contributed by atoms with Gasteiger partial charge in [0.15, 0.2) is 5.82 Å². The van der Waals surface area contributed by atoms with E-state index in [0.717, 1.165) is 5.82 Å². The highest BCUT2D eigenvalue weighted by atomic mass is 15.6. The minimum absolute atomic E-state index is 0.971. The van der Waals surface area contributed by atoms with E-state index in [4.69, 9.17) is 0 Å². The summed E-state index contributed by atoms with van der Waals surface area (Å²) in [6, 6.07) is 1.97. The highest BCUT2D eigenvalue weighted by molar-refractivity contribution is 5.34. The van der Waals surface area contributed by atoms with Crippen molar-refractivity contribution in [1.29, 1.82) is 0 Å². The monoisotopic (exact) mass is 154 g/mol. The van der Waals surface area contributed by atoms with Gasteiger partial charge in [0.25, 0.3) is 0 Å². The van der Waals surface area contributed by atoms with E-state index in [9.17, 15) is 0 Å². The third kappa shape index (κ3) is 1.63. The summed E-state index contributed by atoms with van der Waals surface area (Å²) < 4.78 is 0. The molecule has 0 N–H and O–H groups in total. The molecule has 0 atom stereocenters. The Morgan fingerprint density at radius 2 is 1.91 bits per heavy atom. The molecule has 0 aromatic carbocycles. The van der Waals surface area contributed by atoms with E-state index < -0.39 is 0 Å². The highest BCUT2D eigenvalue weighted by Gasteiger charge is 1.99. The second kappa shape index (κ2) is 2.82. The molecule has 0 saturated carbocycles. The maximum absolute atomic E-state index is 4.28. The molecule has 0 radical (unpaired) electrons. The first-order valence-electron chi connectivity index (χ1n) is 3.52. The fourth-order valence-electron chi connectivity index (χ4n) is 0.766. The number of hydrogen-bond acceptors (Lipinski definition) is 3. The summed E-state index contributed by atoms with van der Waals surface area (Å²) in [6.07, 6.45) is 1.93. The molecule has 4 heteroatoms. The van der Waals surface area contributed by atoms with E-state index >= 15 is 0 Å². The first-order valence-corrected chi connectivity index (χ1v) is 3.52. The minimum Gasteiger partial charge on any atom is -0.361 e. The average Bonchev–Trinajstić information content (AvgIpc) is 2.33. The summed E-state index contributed by atoms with van der Waals surface area (Å²) in [5, 5.41) is 6.19. The van der Waals surface area contributed by atoms with E-state index in [-0.39, 0.29) is 0 Å². The van der Waals surface area contributed by atoms with Gasteiger partial charge in [0.2, 0.25) is 0 Å². The lowest BCUT2D eigenvalue weighted by Crippen LogP contribution is -2.25. The molecule has 1 aromatic rings. The molecule has 0 fully saturated rings. The van der Waals surface area contributed by atoms with Crippen molar-refractivity contribution in [3.63, 3.8) is 0 Å². The van der Waals surface area contributed by atoms with E-state index in [1.54, 1.807) is 4.79 Å². The van der Waals surface area contributed by atoms with Crippen LogP contribution in [0.2, 0.25) is 0 Å². The molecule has 0 aliphatic heterocycles. The van der Waals surface area contributed by atoms with E-state index in [1.807, 2.05) is 50.4 Å². The van der Waals surface area contributed by atoms with E-state index in [1.165, 1.54) is 0 Å². The lowest BCUT2D eigenvalue weighted by atomic mass is 10.6. The second-order valence-electron chi connectivity index (χ2n) is 2.84. The molecule has 1 rings (SSSR count). The van der Waals surface area contributed by atoms with Crippen molar-refractivity contribution < 1.29 is 0 Å². The van der Waals surface area contributed by atoms with Crippen LogP contribution >= 0.6 is 0 Å². The molecule has 11 heavy (non-hydrogen) atoms. The van der Waals surface area contributed by atoms with Crippen LogP contribution in [-0.4, -0.2) is 38.1 Å². The smallest absolute Gasteiger partial charge is 0.152 e. The predicted octanol–water partition coefficient (Wildman–Crippen LogP) is 0.147. The fraction of sp³-hybridized carbons (Fsp3) is 0.571. The summed E-state index contributed by atoms with van der Waals surface area (Å²) in [7, 11) is 7.85. The van der Waals surface area contributed by atoms with E-state index in [2.05, 4.69) is 5.10 Å². The normalized spacial score (nSPS) is 9.82. The van der Waals surface area contributed by atoms with Crippen LogP contribution < -0.4 is 9.91 Å². The maximum atomic E-state index is 4.28. The van der Waals surface area contributed by atoms with Crippen molar-refractivity contribution >= 4 is 5.82 Å². The van der Waals surface area contributed by atoms with Gasteiger partial charge < -0.3 is 9.91 Å². The van der Waals surface area contributed by atoms with Crippen LogP contribution in [0.1, 0.15) is 0 Å². The van der Waals surface area contributed by atoms with Crippen molar-refractivity contribution in [1.82, 2.24) is 9.89 Å². The van der Waals surface area contributed by atoms with Crippen LogP contribution in [0, 0.1) is 0 Å². The Bertz CT molecular complexity index is 204. The highest BCUT2D eigenvalue weighted by Crippen LogP contribution is 2.04. The van der Waals surface area contributed by atoms with Crippen molar-refractivity contribution in [2.24, 2.45) is 0 Å². The summed E-state index contributed by atoms with van der Waals surface area (Å²) >= 11 is 0. The molecule has 4 nitrogen and oxygen atoms in total. The molecule has 1 aromatic heterocycles. The molecule has 0 aliphatic carbocycles. The van der Waals surface area contributed by atoms with Gasteiger partial charge in [0.05, 0.1) is 6.20 Å². The van der Waals surface area contributed by atoms with Crippen molar-refractivity contribution in [3.8, 4) is 0 Å². The van der Waals surface area contributed by atoms with Gasteiger partial charge in [-0.2, -0.15) is 4.79 Å². The summed E-state index contributed by atoms with van der Waals surface area (Å²) in [5.74, 6) is 0.971. The zero-order valence-electron chi connectivity index (χ0n) is 7.44. The van der Waals surface area contributed by atoms with Gasteiger partial charge >= 0.3 is 0 Å². The Morgan fingerprint density at radius 3 is 2.18 bits per heavy atom. The fourth-order valence-corrected chi connectivity index (χ4v) is 0.766. The van der Waals surface area contributed by atoms with E-state index in [0.29, 0.717) is 0 Å². The Morgan fingerprint density at radius 1 is 1.27 bits per heavy atom. The lowest BCUT2D eigenvalue weighted by molar-refractivity contribution is 0.637. The second-order valence-corrected chi connectivity index (χ2v) is 2.84. The minimum atomic E-state index is 0.971. The predicted molar refractivity (Wildman–Crippen MR) is 46.6 cm³/mol. The first kappa shape index (κ1) is 7.91. The van der Waals surface area contributed by atoms with Crippen molar-refractivity contribution in [2.45, 2.75) is 0 Å². The molecule has 62 valence electrons. The molecule has 0 spiro atoms. The molecule has 0 saturated heterocycles. The SMILES string of the molecule is CN(C)c1ccn(N(C)C)n1. The van der Waals surface area contributed by atoms with Crippen LogP contribution in [0.5, 0.6) is 0 Å². The van der Waals surface area contributed by atoms with Crippen LogP contribution in [-0.2, 0) is 0 Å². The third-order valence-corrected chi connectivity index (χ3v) is 1.43. The van der Waals surface area contributed by atoms with Gasteiger partial charge in [-0.05, 0) is 0 Å². The molecule has 1 heterocycles. The number of aromatic nitrogens is 2. The third-order valence-electron chi connectivity index (χ3n) is 1.43. The van der Waals surface area contributed by atoms with Crippen molar-refractivity contribution in [3.05, 3.63) is 12.3 Å². The zero-order chi connectivity index (χ0) is 8.43. The van der Waals surface area contributed by atoms with Gasteiger partial charge in [-0.3, -0.25) is 0 Å². The summed E-state index contributed by atoms with van der Waals surface area (Å²) in [5.41, 5.74) is 0. The number of hydrogen-bond donors (Lipinski definition) is 0. The average molecular weight is 154 g/mol. The first-order chi connectivity index (χ1) is 5.11. The quantitative estimate of drug-likeness (QED) is 0.606. The number of nitrogens with zero attached hydrogens (tertiary/aromatic N) is 4. The van der Waals surface area contributed by atoms with Gasteiger partial charge in [0, 0.05) is 34.3 Å². The van der Waals surface area contributed by atoms with Crippen LogP contribution in [0.25, 0.3) is 0 Å². The Kier molecular flexibility index (Phi) is 2.03. The van der Waals surface area contributed by atoms with Gasteiger partial charge in [-0.15, -0.1) is 5.10 Å². The lowest BCUT2D eigenvalue weighted by Gasteiger charge is -2.12. The maximum Gasteiger partial charge on any atom is 0.152 e. The molecular weight excluding hydrogens is 140 g/mol. The van der Waals surface area contributed by atoms with Crippen molar-refractivity contribution in [2.75, 3.05) is 38.1 Å². The summed E-state index contributed by atoms with van der Waals surface area (Å²) in [6.45, 7) is 0. The number of anilines is 1. The van der Waals surface area contributed by atoms with Gasteiger partial charge in [0.1, 0.15) is 0 Å². The molecule has 0 aliphatic rings. The molecule has 0 amide bonds. The molecular formula is C7H14N4. The van der Waals surface area contributed by atoms with Gasteiger partial charge in [-0.25, -0.2) is 0 Å². The topological polar surface area (TPSA) is 24.3 Å². The summed E-state index contributed by atoms with van der Waals surface area (Å²) in [4.78, 5) is 3.76. The largest absolute Gasteiger partial charge is 0.361 e. The molecule has 0 unspecified atom stereocenters. The number of rotatable bonds is 2. The zero-order valence-corrected chi connectivity index (χ0v) is 7.44. The molecule has 0 bridgehead atoms. The Balaban J connectivity index is 2.82. The van der Waals surface area contributed by atoms with Gasteiger partial charge in [-0.1, -0.05) is 0 Å².